The van der Waals surface area contributed by atoms with Gasteiger partial charge in [0.25, 0.3) is 0 Å². The quantitative estimate of drug-likeness (QED) is 0.743. The molecule has 0 N–H and O–H groups in total. The highest BCUT2D eigenvalue weighted by Gasteiger charge is 2.34. The number of pyridine rings is 1. The first kappa shape index (κ1) is 14.4. The summed E-state index contributed by atoms with van der Waals surface area (Å²) in [5.74, 6) is 0.241. The van der Waals surface area contributed by atoms with Crippen molar-refractivity contribution in [1.29, 1.82) is 0 Å². The molecule has 0 radical (unpaired) electrons. The van der Waals surface area contributed by atoms with E-state index >= 15 is 0 Å². The average molecular weight is 303 g/mol. The summed E-state index contributed by atoms with van der Waals surface area (Å²) in [6.07, 6.45) is -0.282. The number of hydrogen-bond donors (Lipinski definition) is 0. The van der Waals surface area contributed by atoms with Gasteiger partial charge in [0.05, 0.1) is 0 Å². The number of nitrogens with zero attached hydrogens (tertiary/aromatic N) is 2. The zero-order chi connectivity index (χ0) is 14.2. The fourth-order valence-corrected chi connectivity index (χ4v) is 2.36. The second-order valence-corrected chi connectivity index (χ2v) is 6.40. The van der Waals surface area contributed by atoms with E-state index < -0.39 is 5.60 Å². The Morgan fingerprint density at radius 3 is 2.32 bits per heavy atom. The van der Waals surface area contributed by atoms with E-state index in [9.17, 15) is 4.79 Å². The van der Waals surface area contributed by atoms with Crippen LogP contribution in [0, 0.1) is 0 Å². The van der Waals surface area contributed by atoms with Crippen LogP contribution in [0.3, 0.4) is 0 Å². The Labute approximate surface area is 122 Å². The molecule has 1 fully saturated rings. The number of halogens is 2. The summed E-state index contributed by atoms with van der Waals surface area (Å²) >= 11 is 11.7. The minimum atomic E-state index is -0.467. The number of carbonyl (C=O) groups excluding carboxylic acids is 1. The lowest BCUT2D eigenvalue weighted by Crippen LogP contribution is -2.50. The average Bonchev–Trinajstić information content (AvgIpc) is 2.09. The van der Waals surface area contributed by atoms with Crippen molar-refractivity contribution in [2.24, 2.45) is 0 Å². The van der Waals surface area contributed by atoms with E-state index in [1.807, 2.05) is 20.8 Å². The van der Waals surface area contributed by atoms with Gasteiger partial charge in [0.1, 0.15) is 15.9 Å². The summed E-state index contributed by atoms with van der Waals surface area (Å²) in [5.41, 5.74) is 0.538. The third kappa shape index (κ3) is 3.74. The highest BCUT2D eigenvalue weighted by Crippen LogP contribution is 2.30. The van der Waals surface area contributed by atoms with Crippen molar-refractivity contribution < 1.29 is 9.53 Å². The molecule has 0 aliphatic carbocycles. The third-order valence-corrected chi connectivity index (χ3v) is 3.18. The lowest BCUT2D eigenvalue weighted by Gasteiger charge is -2.40. The fraction of sp³-hybridized carbons (Fsp3) is 0.538. The van der Waals surface area contributed by atoms with Crippen LogP contribution in [-0.4, -0.2) is 34.7 Å². The molecular formula is C13H16Cl2N2O2. The molecule has 2 heterocycles. The molecule has 0 unspecified atom stereocenters. The summed E-state index contributed by atoms with van der Waals surface area (Å²) < 4.78 is 5.30. The van der Waals surface area contributed by atoms with Gasteiger partial charge in [0.2, 0.25) is 0 Å². The minimum absolute atomic E-state index is 0.241. The van der Waals surface area contributed by atoms with Gasteiger partial charge in [-0.25, -0.2) is 9.78 Å². The molecule has 104 valence electrons. The largest absolute Gasteiger partial charge is 0.444 e. The molecular weight excluding hydrogens is 287 g/mol. The van der Waals surface area contributed by atoms with Crippen molar-refractivity contribution in [3.63, 3.8) is 0 Å². The molecule has 1 saturated heterocycles. The van der Waals surface area contributed by atoms with E-state index in [-0.39, 0.29) is 12.0 Å². The maximum atomic E-state index is 11.8. The van der Waals surface area contributed by atoms with Crippen molar-refractivity contribution in [3.05, 3.63) is 28.0 Å². The molecule has 6 heteroatoms. The van der Waals surface area contributed by atoms with Crippen LogP contribution < -0.4 is 0 Å². The molecule has 0 spiro atoms. The number of ether oxygens (including phenoxy) is 1. The first-order chi connectivity index (χ1) is 8.74. The number of rotatable bonds is 1. The molecule has 2 rings (SSSR count). The van der Waals surface area contributed by atoms with E-state index in [1.54, 1.807) is 17.0 Å². The molecule has 1 aliphatic heterocycles. The molecule has 1 aromatic heterocycles. The first-order valence-corrected chi connectivity index (χ1v) is 6.81. The predicted molar refractivity (Wildman–Crippen MR) is 74.8 cm³/mol. The van der Waals surface area contributed by atoms with E-state index in [0.29, 0.717) is 23.4 Å². The van der Waals surface area contributed by atoms with Crippen LogP contribution in [0.15, 0.2) is 12.1 Å². The second-order valence-electron chi connectivity index (χ2n) is 5.63. The predicted octanol–water partition coefficient (Wildman–Crippen LogP) is 3.72. The van der Waals surface area contributed by atoms with Gasteiger partial charge in [0, 0.05) is 19.0 Å². The maximum absolute atomic E-state index is 11.8. The van der Waals surface area contributed by atoms with Crippen molar-refractivity contribution >= 4 is 29.3 Å². The Kier molecular flexibility index (Phi) is 3.92. The van der Waals surface area contributed by atoms with Gasteiger partial charge < -0.3 is 9.64 Å². The van der Waals surface area contributed by atoms with Crippen LogP contribution in [-0.2, 0) is 4.74 Å². The first-order valence-electron chi connectivity index (χ1n) is 6.05. The van der Waals surface area contributed by atoms with E-state index in [4.69, 9.17) is 27.9 Å². The standard InChI is InChI=1S/C13H16Cl2N2O2/c1-13(2,3)19-12(18)17-6-9(7-17)8-4-10(14)16-11(15)5-8/h4-5,9H,6-7H2,1-3H3. The number of hydrogen-bond acceptors (Lipinski definition) is 3. The Balaban J connectivity index is 1.94. The molecule has 0 atom stereocenters. The topological polar surface area (TPSA) is 42.4 Å². The van der Waals surface area contributed by atoms with Crippen molar-refractivity contribution in [2.45, 2.75) is 32.3 Å². The zero-order valence-corrected chi connectivity index (χ0v) is 12.6. The van der Waals surface area contributed by atoms with Gasteiger partial charge in [-0.15, -0.1) is 0 Å². The molecule has 1 aliphatic rings. The van der Waals surface area contributed by atoms with Crippen LogP contribution in [0.1, 0.15) is 32.3 Å². The second kappa shape index (κ2) is 5.17. The van der Waals surface area contributed by atoms with Gasteiger partial charge in [-0.1, -0.05) is 23.2 Å². The SMILES string of the molecule is CC(C)(C)OC(=O)N1CC(c2cc(Cl)nc(Cl)c2)C1. The summed E-state index contributed by atoms with van der Waals surface area (Å²) in [6, 6.07) is 3.56. The molecule has 0 saturated carbocycles. The molecule has 1 amide bonds. The molecule has 19 heavy (non-hydrogen) atoms. The van der Waals surface area contributed by atoms with Gasteiger partial charge in [0.15, 0.2) is 0 Å². The molecule has 1 aromatic rings. The minimum Gasteiger partial charge on any atom is -0.444 e. The van der Waals surface area contributed by atoms with Crippen LogP contribution >= 0.6 is 23.2 Å². The summed E-state index contributed by atoms with van der Waals surface area (Å²) in [6.45, 7) is 6.79. The Hall–Kier alpha value is -1.00. The van der Waals surface area contributed by atoms with Crippen molar-refractivity contribution in [3.8, 4) is 0 Å². The maximum Gasteiger partial charge on any atom is 0.410 e. The van der Waals surface area contributed by atoms with Crippen LogP contribution in [0.4, 0.5) is 4.79 Å². The normalized spacial score (nSPS) is 16.2. The smallest absolute Gasteiger partial charge is 0.410 e. The monoisotopic (exact) mass is 302 g/mol. The molecule has 0 aromatic carbocycles. The number of likely N-dealkylation sites (tertiary alicyclic amines) is 1. The lowest BCUT2D eigenvalue weighted by molar-refractivity contribution is 0.00820. The van der Waals surface area contributed by atoms with Crippen LogP contribution in [0.5, 0.6) is 0 Å². The summed E-state index contributed by atoms with van der Waals surface area (Å²) in [7, 11) is 0. The van der Waals surface area contributed by atoms with Gasteiger partial charge in [-0.05, 0) is 38.5 Å². The van der Waals surface area contributed by atoms with E-state index in [2.05, 4.69) is 4.98 Å². The summed E-state index contributed by atoms with van der Waals surface area (Å²) in [5, 5.41) is 0.747. The third-order valence-electron chi connectivity index (χ3n) is 2.79. The lowest BCUT2D eigenvalue weighted by atomic mass is 9.93. The Bertz CT molecular complexity index is 474. The van der Waals surface area contributed by atoms with Crippen LogP contribution in [0.25, 0.3) is 0 Å². The zero-order valence-electron chi connectivity index (χ0n) is 11.1. The molecule has 4 nitrogen and oxygen atoms in total. The summed E-state index contributed by atoms with van der Waals surface area (Å²) in [4.78, 5) is 17.4. The van der Waals surface area contributed by atoms with Gasteiger partial charge >= 0.3 is 6.09 Å². The molecule has 0 bridgehead atoms. The van der Waals surface area contributed by atoms with Crippen molar-refractivity contribution in [2.75, 3.05) is 13.1 Å². The number of amides is 1. The highest BCUT2D eigenvalue weighted by atomic mass is 35.5. The van der Waals surface area contributed by atoms with E-state index in [1.165, 1.54) is 0 Å². The number of carbonyl (C=O) groups is 1. The van der Waals surface area contributed by atoms with Gasteiger partial charge in [-0.2, -0.15) is 0 Å². The Morgan fingerprint density at radius 2 is 1.84 bits per heavy atom. The number of aromatic nitrogens is 1. The Morgan fingerprint density at radius 1 is 1.32 bits per heavy atom. The van der Waals surface area contributed by atoms with Gasteiger partial charge in [-0.3, -0.25) is 0 Å². The van der Waals surface area contributed by atoms with Crippen molar-refractivity contribution in [1.82, 2.24) is 9.88 Å². The highest BCUT2D eigenvalue weighted by molar-refractivity contribution is 6.32. The fourth-order valence-electron chi connectivity index (χ4n) is 1.88. The van der Waals surface area contributed by atoms with E-state index in [0.717, 1.165) is 5.56 Å². The van der Waals surface area contributed by atoms with Crippen LogP contribution in [0.2, 0.25) is 10.3 Å².